The molecular formula is C13H23N3O. The minimum atomic E-state index is -0.585. The second kappa shape index (κ2) is 3.72. The van der Waals surface area contributed by atoms with Crippen LogP contribution in [0.2, 0.25) is 0 Å². The van der Waals surface area contributed by atoms with Crippen LogP contribution < -0.4 is 11.2 Å². The van der Waals surface area contributed by atoms with Gasteiger partial charge < -0.3 is 5.73 Å². The number of hydrazone groups is 1. The molecule has 2 aliphatic rings. The van der Waals surface area contributed by atoms with Crippen LogP contribution in [0.25, 0.3) is 0 Å². The van der Waals surface area contributed by atoms with E-state index in [1.54, 1.807) is 0 Å². The van der Waals surface area contributed by atoms with Gasteiger partial charge in [-0.3, -0.25) is 0 Å². The largest absolute Gasteiger partial charge is 0.350 e. The molecule has 4 heteroatoms. The molecule has 4 nitrogen and oxygen atoms in total. The standard InChI is InChI=1S/C13H23N3O/c1-8(15-16-11(14)17)9-7-13(4)6-5-10(9)12(13,2)3/h9-10H,5-7H2,1-4H3,(H3,14,16,17)/b15-8-/t9-,10-,13+/m0/s1. The van der Waals surface area contributed by atoms with Gasteiger partial charge in [0.2, 0.25) is 0 Å². The summed E-state index contributed by atoms with van der Waals surface area (Å²) in [7, 11) is 0. The van der Waals surface area contributed by atoms with E-state index >= 15 is 0 Å². The number of hydrogen-bond donors (Lipinski definition) is 2. The van der Waals surface area contributed by atoms with Gasteiger partial charge in [0.1, 0.15) is 0 Å². The van der Waals surface area contributed by atoms with E-state index in [9.17, 15) is 4.79 Å². The van der Waals surface area contributed by atoms with E-state index in [1.165, 1.54) is 19.3 Å². The number of nitrogens with one attached hydrogen (secondary N) is 1. The van der Waals surface area contributed by atoms with Crippen molar-refractivity contribution in [3.8, 4) is 0 Å². The molecule has 0 spiro atoms. The van der Waals surface area contributed by atoms with Crippen LogP contribution in [0.15, 0.2) is 5.10 Å². The van der Waals surface area contributed by atoms with E-state index in [1.807, 2.05) is 6.92 Å². The Morgan fingerprint density at radius 2 is 2.06 bits per heavy atom. The molecule has 0 aromatic rings. The molecule has 0 aromatic carbocycles. The Bertz CT molecular complexity index is 372. The predicted molar refractivity (Wildman–Crippen MR) is 68.5 cm³/mol. The number of carbonyl (C=O) groups is 1. The maximum absolute atomic E-state index is 10.7. The molecule has 0 saturated heterocycles. The summed E-state index contributed by atoms with van der Waals surface area (Å²) in [6.07, 6.45) is 3.77. The molecule has 0 radical (unpaired) electrons. The van der Waals surface area contributed by atoms with Crippen LogP contribution >= 0.6 is 0 Å². The summed E-state index contributed by atoms with van der Waals surface area (Å²) in [5.41, 5.74) is 9.20. The lowest BCUT2D eigenvalue weighted by atomic mass is 9.71. The highest BCUT2D eigenvalue weighted by atomic mass is 16.2. The van der Waals surface area contributed by atoms with Crippen molar-refractivity contribution in [1.82, 2.24) is 5.43 Å². The average Bonchev–Trinajstić information content (AvgIpc) is 2.57. The van der Waals surface area contributed by atoms with Crippen molar-refractivity contribution in [1.29, 1.82) is 0 Å². The van der Waals surface area contributed by atoms with Gasteiger partial charge in [0.25, 0.3) is 0 Å². The summed E-state index contributed by atoms with van der Waals surface area (Å²) >= 11 is 0. The molecule has 3 N–H and O–H groups in total. The van der Waals surface area contributed by atoms with Gasteiger partial charge in [0, 0.05) is 11.6 Å². The number of amides is 2. The molecule has 0 unspecified atom stereocenters. The van der Waals surface area contributed by atoms with Gasteiger partial charge in [-0.05, 0) is 42.9 Å². The zero-order chi connectivity index (χ0) is 12.8. The van der Waals surface area contributed by atoms with Crippen LogP contribution in [0.4, 0.5) is 4.79 Å². The first-order valence-corrected chi connectivity index (χ1v) is 6.37. The third-order valence-corrected chi connectivity index (χ3v) is 5.52. The first kappa shape index (κ1) is 12.4. The summed E-state index contributed by atoms with van der Waals surface area (Å²) in [6.45, 7) is 9.14. The molecule has 0 aliphatic heterocycles. The maximum atomic E-state index is 10.7. The molecule has 3 atom stereocenters. The lowest BCUT2D eigenvalue weighted by Crippen LogP contribution is -2.29. The van der Waals surface area contributed by atoms with E-state index in [4.69, 9.17) is 5.73 Å². The average molecular weight is 237 g/mol. The fourth-order valence-electron chi connectivity index (χ4n) is 3.97. The van der Waals surface area contributed by atoms with Crippen molar-refractivity contribution in [2.75, 3.05) is 0 Å². The van der Waals surface area contributed by atoms with Crippen LogP contribution in [0.5, 0.6) is 0 Å². The maximum Gasteiger partial charge on any atom is 0.332 e. The highest BCUT2D eigenvalue weighted by molar-refractivity contribution is 5.86. The Morgan fingerprint density at radius 1 is 1.41 bits per heavy atom. The van der Waals surface area contributed by atoms with E-state index in [2.05, 4.69) is 31.3 Å². The van der Waals surface area contributed by atoms with Crippen LogP contribution in [-0.2, 0) is 0 Å². The van der Waals surface area contributed by atoms with Gasteiger partial charge in [0.05, 0.1) is 0 Å². The van der Waals surface area contributed by atoms with Gasteiger partial charge in [-0.1, -0.05) is 20.8 Å². The summed E-state index contributed by atoms with van der Waals surface area (Å²) in [4.78, 5) is 10.7. The van der Waals surface area contributed by atoms with Crippen molar-refractivity contribution in [3.63, 3.8) is 0 Å². The SMILES string of the molecule is C/C(=N/NC(N)=O)[C@@H]1C[C@@]2(C)CC[C@@H]1C2(C)C. The van der Waals surface area contributed by atoms with Crippen molar-refractivity contribution in [2.24, 2.45) is 33.5 Å². The molecule has 0 aromatic heterocycles. The van der Waals surface area contributed by atoms with Crippen molar-refractivity contribution >= 4 is 11.7 Å². The topological polar surface area (TPSA) is 67.5 Å². The highest BCUT2D eigenvalue weighted by Gasteiger charge is 2.60. The smallest absolute Gasteiger partial charge is 0.332 e. The van der Waals surface area contributed by atoms with Gasteiger partial charge in [-0.25, -0.2) is 10.2 Å². The van der Waals surface area contributed by atoms with E-state index in [0.717, 1.165) is 5.71 Å². The Kier molecular flexibility index (Phi) is 2.71. The predicted octanol–water partition coefficient (Wildman–Crippen LogP) is 2.49. The molecule has 2 fully saturated rings. The third kappa shape index (κ3) is 1.74. The zero-order valence-electron chi connectivity index (χ0n) is 11.2. The Hall–Kier alpha value is -1.06. The minimum absolute atomic E-state index is 0.376. The van der Waals surface area contributed by atoms with Gasteiger partial charge in [-0.2, -0.15) is 5.10 Å². The quantitative estimate of drug-likeness (QED) is 0.562. The number of primary amides is 1. The van der Waals surface area contributed by atoms with E-state index < -0.39 is 6.03 Å². The lowest BCUT2D eigenvalue weighted by Gasteiger charge is -2.34. The minimum Gasteiger partial charge on any atom is -0.350 e. The fourth-order valence-corrected chi connectivity index (χ4v) is 3.97. The summed E-state index contributed by atoms with van der Waals surface area (Å²) in [6, 6.07) is -0.585. The molecule has 2 bridgehead atoms. The van der Waals surface area contributed by atoms with Crippen LogP contribution in [0.1, 0.15) is 47.0 Å². The number of urea groups is 1. The lowest BCUT2D eigenvalue weighted by molar-refractivity contribution is 0.152. The second-order valence-electron chi connectivity index (χ2n) is 6.47. The van der Waals surface area contributed by atoms with Crippen LogP contribution in [0, 0.1) is 22.7 Å². The van der Waals surface area contributed by atoms with Crippen LogP contribution in [0.3, 0.4) is 0 Å². The molecule has 17 heavy (non-hydrogen) atoms. The molecular weight excluding hydrogens is 214 g/mol. The fraction of sp³-hybridized carbons (Fsp3) is 0.846. The monoisotopic (exact) mass is 237 g/mol. The number of carbonyl (C=O) groups excluding carboxylic acids is 1. The molecule has 0 heterocycles. The molecule has 2 aliphatic carbocycles. The van der Waals surface area contributed by atoms with Gasteiger partial charge in [0.15, 0.2) is 0 Å². The number of fused-ring (bicyclic) bond motifs is 2. The summed E-state index contributed by atoms with van der Waals surface area (Å²) in [5, 5.41) is 4.11. The molecule has 2 amide bonds. The van der Waals surface area contributed by atoms with E-state index in [-0.39, 0.29) is 0 Å². The molecule has 96 valence electrons. The highest BCUT2D eigenvalue weighted by Crippen LogP contribution is 2.67. The Labute approximate surface area is 103 Å². The summed E-state index contributed by atoms with van der Waals surface area (Å²) < 4.78 is 0. The number of nitrogens with zero attached hydrogens (tertiary/aromatic N) is 1. The van der Waals surface area contributed by atoms with Gasteiger partial charge in [-0.15, -0.1) is 0 Å². The number of nitrogens with two attached hydrogens (primary N) is 1. The summed E-state index contributed by atoms with van der Waals surface area (Å²) in [5.74, 6) is 1.18. The second-order valence-corrected chi connectivity index (χ2v) is 6.47. The normalized spacial score (nSPS) is 39.4. The molecule has 2 rings (SSSR count). The Morgan fingerprint density at radius 3 is 2.47 bits per heavy atom. The Balaban J connectivity index is 2.16. The van der Waals surface area contributed by atoms with E-state index in [0.29, 0.717) is 22.7 Å². The first-order chi connectivity index (χ1) is 7.78. The molecule has 2 saturated carbocycles. The number of hydrogen-bond acceptors (Lipinski definition) is 2. The van der Waals surface area contributed by atoms with Crippen LogP contribution in [-0.4, -0.2) is 11.7 Å². The first-order valence-electron chi connectivity index (χ1n) is 6.37. The number of rotatable bonds is 2. The zero-order valence-corrected chi connectivity index (χ0v) is 11.2. The van der Waals surface area contributed by atoms with Gasteiger partial charge >= 0.3 is 6.03 Å². The van der Waals surface area contributed by atoms with Crippen molar-refractivity contribution in [2.45, 2.75) is 47.0 Å². The third-order valence-electron chi connectivity index (χ3n) is 5.52. The van der Waals surface area contributed by atoms with Crippen molar-refractivity contribution < 1.29 is 4.79 Å². The van der Waals surface area contributed by atoms with Crippen molar-refractivity contribution in [3.05, 3.63) is 0 Å².